The highest BCUT2D eigenvalue weighted by Crippen LogP contribution is 2.26. The molecule has 9 nitrogen and oxygen atoms in total. The third-order valence-electron chi connectivity index (χ3n) is 4.64. The van der Waals surface area contributed by atoms with E-state index in [0.29, 0.717) is 29.4 Å². The number of rotatable bonds is 6. The number of piperazine rings is 1. The molecule has 0 saturated carbocycles. The summed E-state index contributed by atoms with van der Waals surface area (Å²) in [6, 6.07) is 7.33. The number of aliphatic hydroxyl groups is 1. The first-order valence-electron chi connectivity index (χ1n) is 8.90. The number of benzene rings is 1. The van der Waals surface area contributed by atoms with Crippen LogP contribution in [-0.2, 0) is 0 Å². The van der Waals surface area contributed by atoms with E-state index in [4.69, 9.17) is 10.8 Å². The summed E-state index contributed by atoms with van der Waals surface area (Å²) in [7, 11) is 0. The number of aryl methyl sites for hydroxylation is 1. The molecule has 1 aliphatic rings. The molecule has 27 heavy (non-hydrogen) atoms. The van der Waals surface area contributed by atoms with Gasteiger partial charge in [0.25, 0.3) is 5.91 Å². The van der Waals surface area contributed by atoms with Crippen LogP contribution in [-0.4, -0.2) is 65.2 Å². The van der Waals surface area contributed by atoms with Gasteiger partial charge in [-0.1, -0.05) is 18.2 Å². The molecule has 2 heterocycles. The fraction of sp³-hybridized carbons (Fsp3) is 0.389. The van der Waals surface area contributed by atoms with E-state index in [-0.39, 0.29) is 12.5 Å². The maximum atomic E-state index is 12.3. The topological polar surface area (TPSA) is 120 Å². The van der Waals surface area contributed by atoms with E-state index in [1.165, 1.54) is 6.33 Å². The number of aromatic nitrogens is 2. The maximum absolute atomic E-state index is 12.3. The van der Waals surface area contributed by atoms with Crippen molar-refractivity contribution in [3.63, 3.8) is 0 Å². The lowest BCUT2D eigenvalue weighted by atomic mass is 10.1. The number of anilines is 3. The van der Waals surface area contributed by atoms with E-state index in [1.807, 2.05) is 25.1 Å². The maximum Gasteiger partial charge on any atom is 0.269 e. The number of amides is 1. The molecule has 3 rings (SSSR count). The van der Waals surface area contributed by atoms with Crippen molar-refractivity contribution in [3.05, 3.63) is 41.7 Å². The highest BCUT2D eigenvalue weighted by atomic mass is 16.3. The second-order valence-corrected chi connectivity index (χ2v) is 6.41. The van der Waals surface area contributed by atoms with Crippen molar-refractivity contribution in [1.82, 2.24) is 20.3 Å². The standard InChI is InChI=1S/C18H25N7O2/c1-13-4-2-3-5-14(13)18(27)23-22-16-15(19)17(21-12-20-16)25-8-6-24(7-9-25)10-11-26/h2-5,12,26H,6-11,19H2,1H3,(H,23,27)(H,20,21,22). The SMILES string of the molecule is Cc1ccccc1C(=O)NNc1ncnc(N2CCN(CCO)CC2)c1N. The van der Waals surface area contributed by atoms with Gasteiger partial charge < -0.3 is 15.7 Å². The van der Waals surface area contributed by atoms with E-state index >= 15 is 0 Å². The molecule has 1 fully saturated rings. The quantitative estimate of drug-likeness (QED) is 0.533. The third kappa shape index (κ3) is 4.44. The molecular formula is C18H25N7O2. The minimum absolute atomic E-state index is 0.157. The number of β-amino-alcohol motifs (C(OH)–C–C–N with tert-alkyl or cyclic N) is 1. The minimum Gasteiger partial charge on any atom is -0.395 e. The summed E-state index contributed by atoms with van der Waals surface area (Å²) < 4.78 is 0. The Hall–Kier alpha value is -2.91. The van der Waals surface area contributed by atoms with Crippen molar-refractivity contribution >= 4 is 23.2 Å². The van der Waals surface area contributed by atoms with Crippen LogP contribution in [0.4, 0.5) is 17.3 Å². The Labute approximate surface area is 158 Å². The molecule has 0 bridgehead atoms. The van der Waals surface area contributed by atoms with Gasteiger partial charge in [-0.15, -0.1) is 0 Å². The summed E-state index contributed by atoms with van der Waals surface area (Å²) in [5, 5.41) is 9.05. The fourth-order valence-electron chi connectivity index (χ4n) is 3.07. The van der Waals surface area contributed by atoms with Crippen LogP contribution >= 0.6 is 0 Å². The number of nitrogens with two attached hydrogens (primary N) is 1. The Balaban J connectivity index is 1.65. The van der Waals surface area contributed by atoms with Gasteiger partial charge in [0, 0.05) is 38.3 Å². The van der Waals surface area contributed by atoms with E-state index < -0.39 is 0 Å². The van der Waals surface area contributed by atoms with Crippen LogP contribution in [0.2, 0.25) is 0 Å². The lowest BCUT2D eigenvalue weighted by Gasteiger charge is -2.35. The zero-order chi connectivity index (χ0) is 19.2. The number of hydrogen-bond acceptors (Lipinski definition) is 8. The van der Waals surface area contributed by atoms with Gasteiger partial charge in [0.2, 0.25) is 0 Å². The molecule has 1 aromatic heterocycles. The molecule has 2 aromatic rings. The molecule has 0 spiro atoms. The first-order chi connectivity index (χ1) is 13.1. The Morgan fingerprint density at radius 2 is 1.96 bits per heavy atom. The third-order valence-corrected chi connectivity index (χ3v) is 4.64. The van der Waals surface area contributed by atoms with Gasteiger partial charge in [-0.05, 0) is 18.6 Å². The Bertz CT molecular complexity index is 791. The van der Waals surface area contributed by atoms with Crippen LogP contribution in [0.3, 0.4) is 0 Å². The van der Waals surface area contributed by atoms with Crippen molar-refractivity contribution in [1.29, 1.82) is 0 Å². The van der Waals surface area contributed by atoms with E-state index in [1.54, 1.807) is 6.07 Å². The van der Waals surface area contributed by atoms with Crippen LogP contribution < -0.4 is 21.5 Å². The van der Waals surface area contributed by atoms with E-state index in [0.717, 1.165) is 31.7 Å². The van der Waals surface area contributed by atoms with Gasteiger partial charge in [0.05, 0.1) is 6.61 Å². The summed E-state index contributed by atoms with van der Waals surface area (Å²) in [6.45, 7) is 5.89. The zero-order valence-corrected chi connectivity index (χ0v) is 15.4. The normalized spacial score (nSPS) is 14.8. The number of hydrogen-bond donors (Lipinski definition) is 4. The molecule has 144 valence electrons. The van der Waals surface area contributed by atoms with Crippen LogP contribution in [0.25, 0.3) is 0 Å². The van der Waals surface area contributed by atoms with Gasteiger partial charge >= 0.3 is 0 Å². The summed E-state index contributed by atoms with van der Waals surface area (Å²) in [5.41, 5.74) is 13.5. The lowest BCUT2D eigenvalue weighted by Crippen LogP contribution is -2.47. The second-order valence-electron chi connectivity index (χ2n) is 6.41. The highest BCUT2D eigenvalue weighted by Gasteiger charge is 2.21. The van der Waals surface area contributed by atoms with Gasteiger partial charge in [-0.2, -0.15) is 0 Å². The molecule has 5 N–H and O–H groups in total. The monoisotopic (exact) mass is 371 g/mol. The van der Waals surface area contributed by atoms with Gasteiger partial charge in [-0.25, -0.2) is 9.97 Å². The Morgan fingerprint density at radius 3 is 2.67 bits per heavy atom. The van der Waals surface area contributed by atoms with Crippen molar-refractivity contribution in [2.24, 2.45) is 0 Å². The largest absolute Gasteiger partial charge is 0.395 e. The Morgan fingerprint density at radius 1 is 1.22 bits per heavy atom. The molecule has 1 aromatic carbocycles. The van der Waals surface area contributed by atoms with Crippen molar-refractivity contribution < 1.29 is 9.90 Å². The lowest BCUT2D eigenvalue weighted by molar-refractivity contribution is 0.0962. The molecule has 1 saturated heterocycles. The predicted octanol–water partition coefficient (Wildman–Crippen LogP) is 0.238. The molecular weight excluding hydrogens is 346 g/mol. The van der Waals surface area contributed by atoms with Crippen LogP contribution in [0, 0.1) is 6.92 Å². The number of hydrazine groups is 1. The number of aliphatic hydroxyl groups excluding tert-OH is 1. The van der Waals surface area contributed by atoms with Crippen LogP contribution in [0.5, 0.6) is 0 Å². The first kappa shape index (κ1) is 18.9. The average Bonchev–Trinajstić information content (AvgIpc) is 2.68. The summed E-state index contributed by atoms with van der Waals surface area (Å²) in [5.74, 6) is 0.742. The number of nitrogens with zero attached hydrogens (tertiary/aromatic N) is 4. The van der Waals surface area contributed by atoms with Crippen molar-refractivity contribution in [3.8, 4) is 0 Å². The second kappa shape index (κ2) is 8.65. The Kier molecular flexibility index (Phi) is 6.05. The van der Waals surface area contributed by atoms with Crippen LogP contribution in [0.15, 0.2) is 30.6 Å². The van der Waals surface area contributed by atoms with E-state index in [9.17, 15) is 4.79 Å². The minimum atomic E-state index is -0.259. The first-order valence-corrected chi connectivity index (χ1v) is 8.90. The van der Waals surface area contributed by atoms with Gasteiger partial charge in [0.15, 0.2) is 11.6 Å². The predicted molar refractivity (Wildman–Crippen MR) is 104 cm³/mol. The number of nitrogen functional groups attached to an aromatic ring is 1. The van der Waals surface area contributed by atoms with Crippen LogP contribution in [0.1, 0.15) is 15.9 Å². The number of nitrogens with one attached hydrogen (secondary N) is 2. The van der Waals surface area contributed by atoms with Gasteiger partial charge in [-0.3, -0.25) is 20.5 Å². The number of carbonyl (C=O) groups excluding carboxylic acids is 1. The van der Waals surface area contributed by atoms with Crippen molar-refractivity contribution in [2.45, 2.75) is 6.92 Å². The molecule has 1 amide bonds. The molecule has 9 heteroatoms. The molecule has 1 aliphatic heterocycles. The molecule has 0 atom stereocenters. The summed E-state index contributed by atoms with van der Waals surface area (Å²) >= 11 is 0. The summed E-state index contributed by atoms with van der Waals surface area (Å²) in [4.78, 5) is 25.0. The average molecular weight is 371 g/mol. The number of carbonyl (C=O) groups is 1. The van der Waals surface area contributed by atoms with E-state index in [2.05, 4.69) is 30.6 Å². The summed E-state index contributed by atoms with van der Waals surface area (Å²) in [6.07, 6.45) is 1.42. The zero-order valence-electron chi connectivity index (χ0n) is 15.4. The fourth-order valence-corrected chi connectivity index (χ4v) is 3.07. The molecule has 0 aliphatic carbocycles. The highest BCUT2D eigenvalue weighted by molar-refractivity contribution is 5.96. The molecule has 0 radical (unpaired) electrons. The molecule has 0 unspecified atom stereocenters. The van der Waals surface area contributed by atoms with Gasteiger partial charge in [0.1, 0.15) is 12.0 Å². The smallest absolute Gasteiger partial charge is 0.269 e. The van der Waals surface area contributed by atoms with Crippen molar-refractivity contribution in [2.75, 3.05) is 55.4 Å².